The van der Waals surface area contributed by atoms with Gasteiger partial charge >= 0.3 is 11.9 Å². The van der Waals surface area contributed by atoms with Gasteiger partial charge in [0, 0.05) is 19.3 Å². The van der Waals surface area contributed by atoms with Crippen LogP contribution in [0.15, 0.2) is 0 Å². The lowest BCUT2D eigenvalue weighted by molar-refractivity contribution is -0.889. The van der Waals surface area contributed by atoms with E-state index < -0.39 is 18.1 Å². The molecule has 2 atom stereocenters. The van der Waals surface area contributed by atoms with Gasteiger partial charge in [-0.05, 0) is 12.8 Å². The maximum absolute atomic E-state index is 12.7. The Balaban J connectivity index is 4.24. The summed E-state index contributed by atoms with van der Waals surface area (Å²) >= 11 is 0. The molecule has 0 rings (SSSR count). The van der Waals surface area contributed by atoms with Gasteiger partial charge in [-0.3, -0.25) is 9.59 Å². The maximum Gasteiger partial charge on any atom is 0.306 e. The average Bonchev–Trinajstić information content (AvgIpc) is 3.14. The highest BCUT2D eigenvalue weighted by molar-refractivity contribution is 5.70. The number of hydrogen-bond acceptors (Lipinski definition) is 7. The van der Waals surface area contributed by atoms with Crippen LogP contribution in [0.4, 0.5) is 0 Å². The van der Waals surface area contributed by atoms with Crippen LogP contribution in [0.1, 0.15) is 232 Å². The van der Waals surface area contributed by atoms with E-state index in [0.717, 1.165) is 38.5 Å². The predicted molar refractivity (Wildman–Crippen MR) is 227 cm³/mol. The van der Waals surface area contributed by atoms with Crippen molar-refractivity contribution in [1.82, 2.24) is 0 Å². The Bertz CT molecular complexity index is 874. The van der Waals surface area contributed by atoms with Crippen molar-refractivity contribution in [1.29, 1.82) is 0 Å². The minimum Gasteiger partial charge on any atom is -0.544 e. The van der Waals surface area contributed by atoms with Crippen molar-refractivity contribution in [3.63, 3.8) is 0 Å². The molecular formula is C47H91NO7. The quantitative estimate of drug-likeness (QED) is 0.0345. The van der Waals surface area contributed by atoms with Crippen LogP contribution < -0.4 is 5.11 Å². The molecular weight excluding hydrogens is 691 g/mol. The Kier molecular flexibility index (Phi) is 38.0. The van der Waals surface area contributed by atoms with Gasteiger partial charge in [0.15, 0.2) is 6.10 Å². The van der Waals surface area contributed by atoms with Crippen LogP contribution in [0, 0.1) is 0 Å². The fourth-order valence-corrected chi connectivity index (χ4v) is 7.31. The predicted octanol–water partition coefficient (Wildman–Crippen LogP) is 11.6. The van der Waals surface area contributed by atoms with Crippen LogP contribution in [-0.4, -0.2) is 75.5 Å². The van der Waals surface area contributed by atoms with Crippen LogP contribution in [0.25, 0.3) is 0 Å². The summed E-state index contributed by atoms with van der Waals surface area (Å²) in [4.78, 5) is 36.9. The molecule has 0 aromatic heterocycles. The first-order valence-corrected chi connectivity index (χ1v) is 23.6. The Hall–Kier alpha value is -1.67. The van der Waals surface area contributed by atoms with Gasteiger partial charge in [-0.2, -0.15) is 0 Å². The van der Waals surface area contributed by atoms with Crippen LogP contribution in [0.3, 0.4) is 0 Å². The second-order valence-electron chi connectivity index (χ2n) is 17.4. The Morgan fingerprint density at radius 2 is 0.800 bits per heavy atom. The molecule has 0 radical (unpaired) electrons. The second-order valence-corrected chi connectivity index (χ2v) is 17.4. The van der Waals surface area contributed by atoms with E-state index in [9.17, 15) is 19.5 Å². The molecule has 0 aromatic carbocycles. The topological polar surface area (TPSA) is 102 Å². The van der Waals surface area contributed by atoms with Gasteiger partial charge in [-0.25, -0.2) is 0 Å². The zero-order chi connectivity index (χ0) is 40.7. The Morgan fingerprint density at radius 3 is 1.13 bits per heavy atom. The fraction of sp³-hybridized carbons (Fsp3) is 0.936. The first-order valence-electron chi connectivity index (χ1n) is 23.6. The van der Waals surface area contributed by atoms with E-state index in [1.165, 1.54) is 161 Å². The van der Waals surface area contributed by atoms with Crippen LogP contribution in [0.2, 0.25) is 0 Å². The van der Waals surface area contributed by atoms with Crippen LogP contribution in [-0.2, 0) is 28.6 Å². The molecule has 0 N–H and O–H groups in total. The number of quaternary nitrogens is 1. The van der Waals surface area contributed by atoms with Crippen molar-refractivity contribution in [3.8, 4) is 0 Å². The third-order valence-electron chi connectivity index (χ3n) is 11.0. The monoisotopic (exact) mass is 782 g/mol. The van der Waals surface area contributed by atoms with Crippen molar-refractivity contribution in [2.24, 2.45) is 0 Å². The Labute approximate surface area is 340 Å². The highest BCUT2D eigenvalue weighted by atomic mass is 16.6. The first-order chi connectivity index (χ1) is 26.6. The molecule has 55 heavy (non-hydrogen) atoms. The SMILES string of the molecule is CCCCCCCCCCCCCCCCCCCCC(=O)OC(COCCC(C(=O)[O-])[N+](C)(C)C)COC(=O)CCCCCCCCCCCCCCC. The van der Waals surface area contributed by atoms with Gasteiger partial charge in [0.2, 0.25) is 0 Å². The molecule has 8 heteroatoms. The van der Waals surface area contributed by atoms with Crippen molar-refractivity contribution in [2.45, 2.75) is 244 Å². The lowest BCUT2D eigenvalue weighted by atomic mass is 10.0. The van der Waals surface area contributed by atoms with Gasteiger partial charge < -0.3 is 28.6 Å². The number of carbonyl (C=O) groups is 3. The van der Waals surface area contributed by atoms with Crippen molar-refractivity contribution < 1.29 is 38.2 Å². The number of carbonyl (C=O) groups excluding carboxylic acids is 3. The third-order valence-corrected chi connectivity index (χ3v) is 11.0. The lowest BCUT2D eigenvalue weighted by Gasteiger charge is -2.34. The van der Waals surface area contributed by atoms with Gasteiger partial charge in [-0.1, -0.05) is 200 Å². The minimum atomic E-state index is -1.12. The van der Waals surface area contributed by atoms with E-state index in [2.05, 4.69) is 13.8 Å². The van der Waals surface area contributed by atoms with E-state index in [4.69, 9.17) is 14.2 Å². The number of carboxylic acid groups (broad SMARTS) is 1. The summed E-state index contributed by atoms with van der Waals surface area (Å²) < 4.78 is 17.2. The van der Waals surface area contributed by atoms with Crippen molar-refractivity contribution >= 4 is 17.9 Å². The van der Waals surface area contributed by atoms with Gasteiger partial charge in [0.05, 0.1) is 40.3 Å². The molecule has 0 aliphatic rings. The molecule has 8 nitrogen and oxygen atoms in total. The van der Waals surface area contributed by atoms with E-state index in [-0.39, 0.29) is 42.7 Å². The van der Waals surface area contributed by atoms with Gasteiger partial charge in [0.1, 0.15) is 12.6 Å². The number of unbranched alkanes of at least 4 members (excludes halogenated alkanes) is 29. The second kappa shape index (κ2) is 39.2. The summed E-state index contributed by atoms with van der Waals surface area (Å²) in [6, 6.07) is -0.719. The molecule has 0 aliphatic carbocycles. The fourth-order valence-electron chi connectivity index (χ4n) is 7.31. The molecule has 0 aliphatic heterocycles. The maximum atomic E-state index is 12.7. The molecule has 0 saturated carbocycles. The lowest BCUT2D eigenvalue weighted by Crippen LogP contribution is -2.55. The minimum absolute atomic E-state index is 0.0494. The highest BCUT2D eigenvalue weighted by Crippen LogP contribution is 2.16. The molecule has 326 valence electrons. The summed E-state index contributed by atoms with van der Waals surface area (Å²) in [5.74, 6) is -1.71. The van der Waals surface area contributed by atoms with E-state index in [1.807, 2.05) is 21.1 Å². The van der Waals surface area contributed by atoms with Gasteiger partial charge in [-0.15, -0.1) is 0 Å². The first kappa shape index (κ1) is 53.3. The summed E-state index contributed by atoms with van der Waals surface area (Å²) in [5, 5.41) is 11.6. The zero-order valence-electron chi connectivity index (χ0n) is 37.1. The normalized spacial score (nSPS) is 12.8. The van der Waals surface area contributed by atoms with E-state index in [1.54, 1.807) is 0 Å². The molecule has 0 fully saturated rings. The number of ether oxygens (including phenoxy) is 3. The number of carboxylic acids is 1. The number of esters is 2. The number of nitrogens with zero attached hydrogens (tertiary/aromatic N) is 1. The van der Waals surface area contributed by atoms with Crippen molar-refractivity contribution in [3.05, 3.63) is 0 Å². The molecule has 0 saturated heterocycles. The van der Waals surface area contributed by atoms with E-state index >= 15 is 0 Å². The summed E-state index contributed by atoms with van der Waals surface area (Å²) in [5.41, 5.74) is 0. The average molecular weight is 782 g/mol. The summed E-state index contributed by atoms with van der Waals surface area (Å²) in [6.07, 6.45) is 39.8. The molecule has 0 spiro atoms. The Morgan fingerprint density at radius 1 is 0.473 bits per heavy atom. The number of rotatable bonds is 43. The number of likely N-dealkylation sites (N-methyl/N-ethyl adjacent to an activating group) is 1. The summed E-state index contributed by atoms with van der Waals surface area (Å²) in [6.45, 7) is 4.70. The highest BCUT2D eigenvalue weighted by Gasteiger charge is 2.25. The molecule has 0 aromatic rings. The molecule has 0 heterocycles. The number of hydrogen-bond donors (Lipinski definition) is 0. The van der Waals surface area contributed by atoms with E-state index in [0.29, 0.717) is 12.8 Å². The molecule has 0 amide bonds. The standard InChI is InChI=1S/C47H91NO7/c1-6-8-10-12-14-16-18-20-21-22-23-24-26-28-30-32-34-36-38-46(50)55-43(41-53-40-39-44(47(51)52)48(3,4)5)42-54-45(49)37-35-33-31-29-27-25-19-17-15-13-11-9-7-2/h43-44H,6-42H2,1-5H3. The van der Waals surface area contributed by atoms with Crippen molar-refractivity contribution in [2.75, 3.05) is 41.0 Å². The van der Waals surface area contributed by atoms with Crippen LogP contribution >= 0.6 is 0 Å². The third kappa shape index (κ3) is 37.7. The zero-order valence-corrected chi connectivity index (χ0v) is 37.1. The van der Waals surface area contributed by atoms with Crippen LogP contribution in [0.5, 0.6) is 0 Å². The number of aliphatic carboxylic acids is 1. The van der Waals surface area contributed by atoms with Gasteiger partial charge in [0.25, 0.3) is 0 Å². The summed E-state index contributed by atoms with van der Waals surface area (Å²) in [7, 11) is 5.42. The molecule has 2 unspecified atom stereocenters. The molecule has 0 bridgehead atoms. The largest absolute Gasteiger partial charge is 0.544 e. The smallest absolute Gasteiger partial charge is 0.306 e.